The van der Waals surface area contributed by atoms with Gasteiger partial charge in [0.1, 0.15) is 5.75 Å². The molecule has 0 aliphatic heterocycles. The Bertz CT molecular complexity index is 1410. The first-order valence-corrected chi connectivity index (χ1v) is 14.4. The number of benzene rings is 3. The summed E-state index contributed by atoms with van der Waals surface area (Å²) < 4.78 is 5.86. The minimum absolute atomic E-state index is 0.0444. The van der Waals surface area contributed by atoms with Crippen molar-refractivity contribution in [2.24, 2.45) is 5.92 Å². The van der Waals surface area contributed by atoms with Crippen LogP contribution in [-0.2, 0) is 11.2 Å². The maximum absolute atomic E-state index is 12.7. The van der Waals surface area contributed by atoms with E-state index in [1.807, 2.05) is 67.6 Å². The first-order valence-electron chi connectivity index (χ1n) is 14.4. The summed E-state index contributed by atoms with van der Waals surface area (Å²) in [5.74, 6) is -0.478. The number of carbonyl (C=O) groups excluding carboxylic acids is 1. The van der Waals surface area contributed by atoms with Crippen LogP contribution in [0.15, 0.2) is 85.2 Å². The van der Waals surface area contributed by atoms with Crippen LogP contribution in [0.5, 0.6) is 5.75 Å². The first kappa shape index (κ1) is 29.7. The van der Waals surface area contributed by atoms with E-state index in [-0.39, 0.29) is 18.6 Å². The highest BCUT2D eigenvalue weighted by atomic mass is 16.5. The van der Waals surface area contributed by atoms with E-state index in [2.05, 4.69) is 16.9 Å². The second kappa shape index (κ2) is 14.9. The zero-order valence-corrected chi connectivity index (χ0v) is 23.9. The molecule has 0 saturated carbocycles. The molecule has 0 amide bonds. The minimum atomic E-state index is -0.976. The van der Waals surface area contributed by atoms with Crippen LogP contribution in [0.3, 0.4) is 0 Å². The van der Waals surface area contributed by atoms with E-state index >= 15 is 0 Å². The molecule has 3 aromatic carbocycles. The molecule has 6 nitrogen and oxygen atoms in total. The molecule has 0 bridgehead atoms. The first-order chi connectivity index (χ1) is 19.9. The summed E-state index contributed by atoms with van der Waals surface area (Å²) in [5, 5.41) is 9.75. The Labute approximate surface area is 242 Å². The van der Waals surface area contributed by atoms with Crippen LogP contribution in [-0.4, -0.2) is 33.4 Å². The molecule has 1 heterocycles. The number of hydrogen-bond acceptors (Lipinski definition) is 5. The summed E-state index contributed by atoms with van der Waals surface area (Å²) in [4.78, 5) is 33.7. The van der Waals surface area contributed by atoms with Crippen LogP contribution in [0.1, 0.15) is 66.9 Å². The Balaban J connectivity index is 1.33. The van der Waals surface area contributed by atoms with Crippen LogP contribution in [0.2, 0.25) is 0 Å². The predicted octanol–water partition coefficient (Wildman–Crippen LogP) is 7.98. The Hall–Kier alpha value is -4.32. The fourth-order valence-corrected chi connectivity index (χ4v) is 4.75. The number of unbranched alkanes of at least 4 members (excludes halogenated alkanes) is 4. The van der Waals surface area contributed by atoms with Gasteiger partial charge < -0.3 is 9.84 Å². The van der Waals surface area contributed by atoms with Gasteiger partial charge in [-0.15, -0.1) is 0 Å². The average Bonchev–Trinajstić information content (AvgIpc) is 2.99. The predicted molar refractivity (Wildman–Crippen MR) is 162 cm³/mol. The molecule has 0 fully saturated rings. The van der Waals surface area contributed by atoms with Crippen LogP contribution in [0.4, 0.5) is 0 Å². The highest BCUT2D eigenvalue weighted by molar-refractivity contribution is 5.98. The second-order valence-corrected chi connectivity index (χ2v) is 10.5. The Morgan fingerprint density at radius 2 is 1.51 bits per heavy atom. The van der Waals surface area contributed by atoms with Gasteiger partial charge in [-0.3, -0.25) is 9.59 Å². The Kier molecular flexibility index (Phi) is 10.8. The molecule has 1 aromatic heterocycles. The topological polar surface area (TPSA) is 89.4 Å². The van der Waals surface area contributed by atoms with Crippen molar-refractivity contribution < 1.29 is 19.4 Å². The summed E-state index contributed by atoms with van der Waals surface area (Å²) >= 11 is 0. The quantitative estimate of drug-likeness (QED) is 0.119. The molecule has 4 aromatic rings. The van der Waals surface area contributed by atoms with Crippen LogP contribution >= 0.6 is 0 Å². The SMILES string of the molecule is CCCCCCCOc1ccc(-c2cnc(-c3ccc(C[C@H](CC(=O)c4cccc(C)c4)C(=O)O)cc3)nc2)cc1. The Morgan fingerprint density at radius 1 is 0.829 bits per heavy atom. The molecular weight excluding hydrogens is 512 g/mol. The number of aromatic nitrogens is 2. The molecular formula is C35H38N2O4. The largest absolute Gasteiger partial charge is 0.494 e. The number of carboxylic acids is 1. The van der Waals surface area contributed by atoms with E-state index in [1.54, 1.807) is 24.5 Å². The van der Waals surface area contributed by atoms with Gasteiger partial charge in [0, 0.05) is 35.5 Å². The van der Waals surface area contributed by atoms with Crippen molar-refractivity contribution in [2.75, 3.05) is 6.61 Å². The van der Waals surface area contributed by atoms with Gasteiger partial charge in [0.25, 0.3) is 0 Å². The van der Waals surface area contributed by atoms with Crippen molar-refractivity contribution in [3.63, 3.8) is 0 Å². The van der Waals surface area contributed by atoms with Crippen molar-refractivity contribution >= 4 is 11.8 Å². The molecule has 0 aliphatic rings. The monoisotopic (exact) mass is 550 g/mol. The van der Waals surface area contributed by atoms with Gasteiger partial charge in [0.2, 0.25) is 0 Å². The van der Waals surface area contributed by atoms with Crippen LogP contribution < -0.4 is 4.74 Å². The fraction of sp³-hybridized carbons (Fsp3) is 0.314. The normalized spacial score (nSPS) is 11.7. The van der Waals surface area contributed by atoms with Gasteiger partial charge in [-0.1, -0.05) is 92.8 Å². The van der Waals surface area contributed by atoms with Gasteiger partial charge in [0.15, 0.2) is 11.6 Å². The van der Waals surface area contributed by atoms with Gasteiger partial charge in [-0.25, -0.2) is 9.97 Å². The second-order valence-electron chi connectivity index (χ2n) is 10.5. The van der Waals surface area contributed by atoms with Crippen LogP contribution in [0, 0.1) is 12.8 Å². The molecule has 41 heavy (non-hydrogen) atoms. The van der Waals surface area contributed by atoms with E-state index in [0.29, 0.717) is 11.4 Å². The third kappa shape index (κ3) is 8.84. The summed E-state index contributed by atoms with van der Waals surface area (Å²) in [6, 6.07) is 22.8. The number of aryl methyl sites for hydroxylation is 1. The van der Waals surface area contributed by atoms with E-state index in [1.165, 1.54) is 25.7 Å². The lowest BCUT2D eigenvalue weighted by atomic mass is 9.91. The lowest BCUT2D eigenvalue weighted by Crippen LogP contribution is -2.20. The van der Waals surface area contributed by atoms with Crippen molar-refractivity contribution in [1.82, 2.24) is 9.97 Å². The van der Waals surface area contributed by atoms with Gasteiger partial charge in [0.05, 0.1) is 12.5 Å². The number of carboxylic acid groups (broad SMARTS) is 1. The zero-order chi connectivity index (χ0) is 29.0. The molecule has 6 heteroatoms. The van der Waals surface area contributed by atoms with Gasteiger partial charge in [-0.05, 0) is 49.1 Å². The number of aliphatic carboxylic acids is 1. The molecule has 212 valence electrons. The van der Waals surface area contributed by atoms with Crippen molar-refractivity contribution in [3.8, 4) is 28.3 Å². The van der Waals surface area contributed by atoms with Crippen molar-refractivity contribution in [1.29, 1.82) is 0 Å². The lowest BCUT2D eigenvalue weighted by molar-refractivity contribution is -0.141. The molecule has 0 unspecified atom stereocenters. The fourth-order valence-electron chi connectivity index (χ4n) is 4.75. The minimum Gasteiger partial charge on any atom is -0.494 e. The number of hydrogen-bond donors (Lipinski definition) is 1. The molecule has 0 spiro atoms. The van der Waals surface area contributed by atoms with E-state index in [0.717, 1.165) is 46.6 Å². The van der Waals surface area contributed by atoms with Crippen molar-refractivity contribution in [3.05, 3.63) is 102 Å². The molecule has 0 aliphatic carbocycles. The average molecular weight is 551 g/mol. The highest BCUT2D eigenvalue weighted by Crippen LogP contribution is 2.24. The number of rotatable bonds is 15. The Morgan fingerprint density at radius 3 is 2.17 bits per heavy atom. The molecule has 1 atom stereocenters. The summed E-state index contributed by atoms with van der Waals surface area (Å²) in [5.41, 5.74) is 5.13. The lowest BCUT2D eigenvalue weighted by Gasteiger charge is -2.12. The zero-order valence-electron chi connectivity index (χ0n) is 23.9. The summed E-state index contributed by atoms with van der Waals surface area (Å²) in [6.07, 6.45) is 9.90. The number of Topliss-reactive ketones (excluding diaryl/α,β-unsaturated/α-hetero) is 1. The number of carbonyl (C=O) groups is 2. The number of ketones is 1. The highest BCUT2D eigenvalue weighted by Gasteiger charge is 2.22. The summed E-state index contributed by atoms with van der Waals surface area (Å²) in [6.45, 7) is 4.87. The standard InChI is InChI=1S/C35H38N2O4/c1-3-4-5-6-7-19-41-32-17-15-27(16-18-32)31-23-36-34(37-24-31)28-13-11-26(12-14-28)21-30(35(39)40)22-33(38)29-10-8-9-25(2)20-29/h8-18,20,23-24,30H,3-7,19,21-22H2,1-2H3,(H,39,40)/t30-/m1/s1. The van der Waals surface area contributed by atoms with E-state index in [4.69, 9.17) is 4.74 Å². The third-order valence-electron chi connectivity index (χ3n) is 7.17. The van der Waals surface area contributed by atoms with Gasteiger partial charge >= 0.3 is 5.97 Å². The number of nitrogens with zero attached hydrogens (tertiary/aromatic N) is 2. The van der Waals surface area contributed by atoms with E-state index in [9.17, 15) is 14.7 Å². The molecule has 4 rings (SSSR count). The van der Waals surface area contributed by atoms with E-state index < -0.39 is 11.9 Å². The summed E-state index contributed by atoms with van der Waals surface area (Å²) in [7, 11) is 0. The molecule has 1 N–H and O–H groups in total. The number of ether oxygens (including phenoxy) is 1. The molecule has 0 radical (unpaired) electrons. The van der Waals surface area contributed by atoms with Gasteiger partial charge in [-0.2, -0.15) is 0 Å². The van der Waals surface area contributed by atoms with Crippen LogP contribution in [0.25, 0.3) is 22.5 Å². The maximum Gasteiger partial charge on any atom is 0.307 e. The smallest absolute Gasteiger partial charge is 0.307 e. The third-order valence-corrected chi connectivity index (χ3v) is 7.17. The van der Waals surface area contributed by atoms with Crippen molar-refractivity contribution in [2.45, 2.75) is 58.8 Å². The maximum atomic E-state index is 12.7. The molecule has 0 saturated heterocycles.